The Morgan fingerprint density at radius 1 is 0.837 bits per heavy atom. The van der Waals surface area contributed by atoms with Crippen LogP contribution in [0.25, 0.3) is 6.08 Å². The van der Waals surface area contributed by atoms with Gasteiger partial charge in [-0.1, -0.05) is 53.5 Å². The summed E-state index contributed by atoms with van der Waals surface area (Å²) in [6.45, 7) is 4.70. The number of rotatable bonds is 8. The fourth-order valence-corrected chi connectivity index (χ4v) is 5.30. The van der Waals surface area contributed by atoms with Crippen molar-refractivity contribution in [3.63, 3.8) is 0 Å². The first kappa shape index (κ1) is 30.4. The van der Waals surface area contributed by atoms with E-state index in [9.17, 15) is 14.4 Å². The summed E-state index contributed by atoms with van der Waals surface area (Å²) in [5.41, 5.74) is 4.85. The minimum atomic E-state index is -0.843. The number of aryl methyl sites for hydroxylation is 2. The fraction of sp³-hybridized carbons (Fsp3) is 0.121. The molecule has 4 amide bonds. The van der Waals surface area contributed by atoms with E-state index in [1.165, 1.54) is 17.2 Å². The lowest BCUT2D eigenvalue weighted by atomic mass is 10.1. The van der Waals surface area contributed by atoms with E-state index in [1.807, 2.05) is 6.07 Å². The number of hydrogen-bond acceptors (Lipinski definition) is 5. The average Bonchev–Trinajstić information content (AvgIpc) is 2.97. The molecule has 43 heavy (non-hydrogen) atoms. The number of amides is 4. The van der Waals surface area contributed by atoms with Gasteiger partial charge < -0.3 is 9.47 Å². The first-order chi connectivity index (χ1) is 20.6. The predicted molar refractivity (Wildman–Crippen MR) is 171 cm³/mol. The summed E-state index contributed by atoms with van der Waals surface area (Å²) in [7, 11) is 0. The zero-order valence-electron chi connectivity index (χ0n) is 23.1. The smallest absolute Gasteiger partial charge is 0.335 e. The molecule has 1 aliphatic heterocycles. The van der Waals surface area contributed by atoms with Crippen LogP contribution in [-0.2, 0) is 22.8 Å². The van der Waals surface area contributed by atoms with Crippen molar-refractivity contribution in [3.8, 4) is 11.5 Å². The monoisotopic (exact) mass is 678 g/mol. The highest BCUT2D eigenvalue weighted by atomic mass is 79.9. The number of imide groups is 2. The molecule has 10 heteroatoms. The highest BCUT2D eigenvalue weighted by Gasteiger charge is 2.36. The Labute approximate surface area is 267 Å². The molecule has 1 heterocycles. The molecular weight excluding hydrogens is 655 g/mol. The molecule has 1 fully saturated rings. The summed E-state index contributed by atoms with van der Waals surface area (Å²) in [4.78, 5) is 39.6. The maximum atomic E-state index is 13.4. The van der Waals surface area contributed by atoms with E-state index < -0.39 is 17.8 Å². The molecule has 1 aliphatic rings. The summed E-state index contributed by atoms with van der Waals surface area (Å²) >= 11 is 15.7. The lowest BCUT2D eigenvalue weighted by molar-refractivity contribution is -0.122. The normalized spacial score (nSPS) is 14.2. The number of benzene rings is 4. The van der Waals surface area contributed by atoms with Gasteiger partial charge in [0.25, 0.3) is 11.8 Å². The molecule has 4 aromatic carbocycles. The Morgan fingerprint density at radius 3 is 2.30 bits per heavy atom. The van der Waals surface area contributed by atoms with Crippen LogP contribution in [0.5, 0.6) is 11.5 Å². The molecule has 0 aromatic heterocycles. The second-order valence-corrected chi connectivity index (χ2v) is 11.6. The van der Waals surface area contributed by atoms with Gasteiger partial charge in [0, 0.05) is 15.6 Å². The molecule has 7 nitrogen and oxygen atoms in total. The number of carbonyl (C=O) groups excluding carboxylic acids is 3. The first-order valence-electron chi connectivity index (χ1n) is 13.2. The van der Waals surface area contributed by atoms with Crippen molar-refractivity contribution >= 4 is 68.7 Å². The van der Waals surface area contributed by atoms with Crippen molar-refractivity contribution in [2.45, 2.75) is 27.1 Å². The maximum absolute atomic E-state index is 13.4. The number of halogens is 3. The van der Waals surface area contributed by atoms with Crippen molar-refractivity contribution in [3.05, 3.63) is 127 Å². The molecule has 0 spiro atoms. The molecule has 1 N–H and O–H groups in total. The summed E-state index contributed by atoms with van der Waals surface area (Å²) < 4.78 is 12.4. The second-order valence-electron chi connectivity index (χ2n) is 9.87. The van der Waals surface area contributed by atoms with Gasteiger partial charge in [-0.25, -0.2) is 9.69 Å². The van der Waals surface area contributed by atoms with E-state index in [-0.39, 0.29) is 17.9 Å². The molecule has 4 aromatic rings. The SMILES string of the molecule is Cc1ccc(COc2ccc(/C=C3\C(=O)NC(=O)N(c4ccc(OCc5ccc(Cl)cc5Cl)cc4)C3=O)cc2Br)cc1C. The predicted octanol–water partition coefficient (Wildman–Crippen LogP) is 8.20. The minimum absolute atomic E-state index is 0.187. The molecule has 0 saturated carbocycles. The molecule has 1 saturated heterocycles. The van der Waals surface area contributed by atoms with Crippen LogP contribution in [0, 0.1) is 13.8 Å². The average molecular weight is 680 g/mol. The van der Waals surface area contributed by atoms with E-state index >= 15 is 0 Å². The number of anilines is 1. The Balaban J connectivity index is 1.28. The third-order valence-electron chi connectivity index (χ3n) is 6.84. The van der Waals surface area contributed by atoms with Crippen molar-refractivity contribution in [2.24, 2.45) is 0 Å². The zero-order valence-corrected chi connectivity index (χ0v) is 26.2. The van der Waals surface area contributed by atoms with Gasteiger partial charge in [-0.3, -0.25) is 14.9 Å². The van der Waals surface area contributed by atoms with Gasteiger partial charge in [-0.2, -0.15) is 0 Å². The third-order valence-corrected chi connectivity index (χ3v) is 8.05. The second kappa shape index (κ2) is 13.0. The summed E-state index contributed by atoms with van der Waals surface area (Å²) in [5.74, 6) is -0.424. The Bertz CT molecular complexity index is 1770. The quantitative estimate of drug-likeness (QED) is 0.150. The molecule has 0 unspecified atom stereocenters. The van der Waals surface area contributed by atoms with Crippen LogP contribution in [0.2, 0.25) is 10.0 Å². The van der Waals surface area contributed by atoms with Crippen LogP contribution in [0.3, 0.4) is 0 Å². The highest BCUT2D eigenvalue weighted by molar-refractivity contribution is 9.10. The first-order valence-corrected chi connectivity index (χ1v) is 14.7. The number of nitrogens with one attached hydrogen (secondary N) is 1. The minimum Gasteiger partial charge on any atom is -0.489 e. The van der Waals surface area contributed by atoms with E-state index in [0.29, 0.717) is 38.2 Å². The van der Waals surface area contributed by atoms with E-state index in [0.717, 1.165) is 16.0 Å². The highest BCUT2D eigenvalue weighted by Crippen LogP contribution is 2.30. The van der Waals surface area contributed by atoms with Crippen molar-refractivity contribution in [1.29, 1.82) is 0 Å². The van der Waals surface area contributed by atoms with E-state index in [2.05, 4.69) is 47.2 Å². The van der Waals surface area contributed by atoms with Gasteiger partial charge in [0.2, 0.25) is 0 Å². The van der Waals surface area contributed by atoms with Gasteiger partial charge in [0.15, 0.2) is 0 Å². The molecular formula is C33H25BrCl2N2O5. The van der Waals surface area contributed by atoms with Crippen LogP contribution >= 0.6 is 39.1 Å². The lowest BCUT2D eigenvalue weighted by Crippen LogP contribution is -2.54. The van der Waals surface area contributed by atoms with Gasteiger partial charge in [0.1, 0.15) is 30.3 Å². The largest absolute Gasteiger partial charge is 0.489 e. The standard InChI is InChI=1S/C33H25BrCl2N2O5/c1-19-3-4-22(13-20(19)2)17-43-30-12-5-21(15-28(30)34)14-27-31(39)37-33(41)38(32(27)40)25-8-10-26(11-9-25)42-18-23-6-7-24(35)16-29(23)36/h3-16H,17-18H2,1-2H3,(H,37,39,41)/b27-14+. The molecule has 0 radical (unpaired) electrons. The number of carbonyl (C=O) groups is 3. The Morgan fingerprint density at radius 2 is 1.60 bits per heavy atom. The van der Waals surface area contributed by atoms with Crippen molar-refractivity contribution in [2.75, 3.05) is 4.90 Å². The molecule has 0 aliphatic carbocycles. The number of barbiturate groups is 1. The van der Waals surface area contributed by atoms with Gasteiger partial charge in [0.05, 0.1) is 10.2 Å². The molecule has 218 valence electrons. The van der Waals surface area contributed by atoms with Gasteiger partial charge >= 0.3 is 6.03 Å². The number of hydrogen-bond donors (Lipinski definition) is 1. The molecule has 5 rings (SSSR count). The topological polar surface area (TPSA) is 84.9 Å². The van der Waals surface area contributed by atoms with Gasteiger partial charge in [-0.15, -0.1) is 0 Å². The number of urea groups is 1. The molecule has 0 bridgehead atoms. The summed E-state index contributed by atoms with van der Waals surface area (Å²) in [6, 6.07) is 22.0. The van der Waals surface area contributed by atoms with E-state index in [1.54, 1.807) is 60.7 Å². The summed E-state index contributed by atoms with van der Waals surface area (Å²) in [5, 5.41) is 3.25. The third kappa shape index (κ3) is 7.10. The van der Waals surface area contributed by atoms with Crippen LogP contribution in [0.15, 0.2) is 88.9 Å². The van der Waals surface area contributed by atoms with Crippen LogP contribution in [0.1, 0.15) is 27.8 Å². The van der Waals surface area contributed by atoms with Gasteiger partial charge in [-0.05, 0) is 107 Å². The van der Waals surface area contributed by atoms with Crippen LogP contribution < -0.4 is 19.7 Å². The lowest BCUT2D eigenvalue weighted by Gasteiger charge is -2.26. The summed E-state index contributed by atoms with van der Waals surface area (Å²) in [6.07, 6.45) is 1.43. The van der Waals surface area contributed by atoms with E-state index in [4.69, 9.17) is 32.7 Å². The van der Waals surface area contributed by atoms with Crippen LogP contribution in [-0.4, -0.2) is 17.8 Å². The Kier molecular flexibility index (Phi) is 9.20. The maximum Gasteiger partial charge on any atom is 0.335 e. The Hall–Kier alpha value is -4.11. The zero-order chi connectivity index (χ0) is 30.7. The van der Waals surface area contributed by atoms with Crippen LogP contribution in [0.4, 0.5) is 10.5 Å². The fourth-order valence-electron chi connectivity index (χ4n) is 4.33. The number of nitrogens with zero attached hydrogens (tertiary/aromatic N) is 1. The molecule has 0 atom stereocenters. The number of ether oxygens (including phenoxy) is 2. The van der Waals surface area contributed by atoms with Crippen molar-refractivity contribution < 1.29 is 23.9 Å². The van der Waals surface area contributed by atoms with Crippen molar-refractivity contribution in [1.82, 2.24) is 5.32 Å².